The summed E-state index contributed by atoms with van der Waals surface area (Å²) >= 11 is 5.42. The number of thiophene rings is 1. The van der Waals surface area contributed by atoms with Gasteiger partial charge in [0.2, 0.25) is 0 Å². The summed E-state index contributed by atoms with van der Waals surface area (Å²) < 4.78 is 1.26. The van der Waals surface area contributed by atoms with Crippen molar-refractivity contribution < 1.29 is 0 Å². The molecular weight excluding hydrogens is 306 g/mol. The summed E-state index contributed by atoms with van der Waals surface area (Å²) in [6, 6.07) is 9.66. The summed E-state index contributed by atoms with van der Waals surface area (Å²) in [7, 11) is 0. The zero-order valence-electron chi connectivity index (χ0n) is 10.3. The standard InChI is InChI=1S/C15H16BrNS/c1-10(11-7-8-18-9-11)17-15-6-5-12-13(15)3-2-4-14(12)16/h2-4,7-10,15,17H,5-6H2,1H3. The Morgan fingerprint density at radius 3 is 3.06 bits per heavy atom. The Bertz CT molecular complexity index is 535. The van der Waals surface area contributed by atoms with Crippen LogP contribution in [0.4, 0.5) is 0 Å². The molecule has 2 unspecified atom stereocenters. The highest BCUT2D eigenvalue weighted by Gasteiger charge is 2.25. The minimum Gasteiger partial charge on any atom is -0.303 e. The summed E-state index contributed by atoms with van der Waals surface area (Å²) in [5.41, 5.74) is 4.34. The molecule has 0 spiro atoms. The molecule has 3 heteroatoms. The van der Waals surface area contributed by atoms with Gasteiger partial charge in [-0.25, -0.2) is 0 Å². The zero-order valence-corrected chi connectivity index (χ0v) is 12.7. The molecule has 1 N–H and O–H groups in total. The van der Waals surface area contributed by atoms with Crippen LogP contribution in [-0.2, 0) is 6.42 Å². The van der Waals surface area contributed by atoms with Crippen LogP contribution in [0.3, 0.4) is 0 Å². The number of halogens is 1. The van der Waals surface area contributed by atoms with E-state index in [9.17, 15) is 0 Å². The molecular formula is C15H16BrNS. The van der Waals surface area contributed by atoms with Gasteiger partial charge < -0.3 is 5.32 Å². The third-order valence-corrected chi connectivity index (χ3v) is 5.15. The van der Waals surface area contributed by atoms with Gasteiger partial charge in [-0.05, 0) is 59.3 Å². The van der Waals surface area contributed by atoms with Crippen LogP contribution >= 0.6 is 27.3 Å². The van der Waals surface area contributed by atoms with Crippen LogP contribution < -0.4 is 5.32 Å². The van der Waals surface area contributed by atoms with Gasteiger partial charge in [-0.15, -0.1) is 0 Å². The van der Waals surface area contributed by atoms with Crippen LogP contribution in [0.5, 0.6) is 0 Å². The Morgan fingerprint density at radius 2 is 2.28 bits per heavy atom. The Kier molecular flexibility index (Phi) is 3.55. The highest BCUT2D eigenvalue weighted by atomic mass is 79.9. The predicted molar refractivity (Wildman–Crippen MR) is 81.1 cm³/mol. The lowest BCUT2D eigenvalue weighted by atomic mass is 10.1. The van der Waals surface area contributed by atoms with E-state index < -0.39 is 0 Å². The topological polar surface area (TPSA) is 12.0 Å². The van der Waals surface area contributed by atoms with E-state index in [1.165, 1.54) is 34.0 Å². The van der Waals surface area contributed by atoms with Gasteiger partial charge in [0.25, 0.3) is 0 Å². The molecule has 94 valence electrons. The molecule has 1 nitrogen and oxygen atoms in total. The fourth-order valence-corrected chi connectivity index (χ4v) is 4.04. The smallest absolute Gasteiger partial charge is 0.0331 e. The summed E-state index contributed by atoms with van der Waals surface area (Å²) in [4.78, 5) is 0. The van der Waals surface area contributed by atoms with Crippen LogP contribution in [0.2, 0.25) is 0 Å². The van der Waals surface area contributed by atoms with Gasteiger partial charge >= 0.3 is 0 Å². The molecule has 2 atom stereocenters. The van der Waals surface area contributed by atoms with E-state index in [4.69, 9.17) is 0 Å². The Hall–Kier alpha value is -0.640. The molecule has 0 amide bonds. The lowest BCUT2D eigenvalue weighted by molar-refractivity contribution is 0.465. The minimum atomic E-state index is 0.422. The quantitative estimate of drug-likeness (QED) is 0.852. The van der Waals surface area contributed by atoms with Gasteiger partial charge in [0.05, 0.1) is 0 Å². The highest BCUT2D eigenvalue weighted by molar-refractivity contribution is 9.10. The van der Waals surface area contributed by atoms with Gasteiger partial charge in [0.15, 0.2) is 0 Å². The van der Waals surface area contributed by atoms with E-state index in [2.05, 4.69) is 63.2 Å². The summed E-state index contributed by atoms with van der Waals surface area (Å²) in [6.07, 6.45) is 2.37. The van der Waals surface area contributed by atoms with Crippen molar-refractivity contribution in [1.29, 1.82) is 0 Å². The SMILES string of the molecule is CC(NC1CCc2c(Br)cccc21)c1ccsc1. The second kappa shape index (κ2) is 5.16. The first kappa shape index (κ1) is 12.4. The molecule has 3 rings (SSSR count). The molecule has 0 fully saturated rings. The van der Waals surface area contributed by atoms with Crippen molar-refractivity contribution in [2.45, 2.75) is 31.8 Å². The Balaban J connectivity index is 1.79. The summed E-state index contributed by atoms with van der Waals surface area (Å²) in [6.45, 7) is 2.25. The Labute approximate surface area is 120 Å². The van der Waals surface area contributed by atoms with Crippen molar-refractivity contribution in [1.82, 2.24) is 5.32 Å². The van der Waals surface area contributed by atoms with Crippen molar-refractivity contribution in [3.05, 3.63) is 56.2 Å². The van der Waals surface area contributed by atoms with E-state index in [0.29, 0.717) is 12.1 Å². The minimum absolute atomic E-state index is 0.422. The van der Waals surface area contributed by atoms with E-state index in [-0.39, 0.29) is 0 Å². The lowest BCUT2D eigenvalue weighted by Crippen LogP contribution is -2.22. The summed E-state index contributed by atoms with van der Waals surface area (Å²) in [5.74, 6) is 0. The van der Waals surface area contributed by atoms with Crippen LogP contribution in [-0.4, -0.2) is 0 Å². The number of rotatable bonds is 3. The average molecular weight is 322 g/mol. The van der Waals surface area contributed by atoms with Crippen molar-refractivity contribution in [3.63, 3.8) is 0 Å². The fraction of sp³-hybridized carbons (Fsp3) is 0.333. The molecule has 1 aromatic heterocycles. The number of hydrogen-bond donors (Lipinski definition) is 1. The molecule has 1 aromatic carbocycles. The average Bonchev–Trinajstić information content (AvgIpc) is 2.99. The second-order valence-electron chi connectivity index (χ2n) is 4.84. The normalized spacial score (nSPS) is 19.8. The van der Waals surface area contributed by atoms with Crippen LogP contribution in [0.25, 0.3) is 0 Å². The Morgan fingerprint density at radius 1 is 1.39 bits per heavy atom. The maximum absolute atomic E-state index is 3.75. The first-order valence-corrected chi connectivity index (χ1v) is 8.04. The molecule has 2 aromatic rings. The first-order valence-electron chi connectivity index (χ1n) is 6.31. The largest absolute Gasteiger partial charge is 0.303 e. The molecule has 1 aliphatic carbocycles. The monoisotopic (exact) mass is 321 g/mol. The highest BCUT2D eigenvalue weighted by Crippen LogP contribution is 2.36. The van der Waals surface area contributed by atoms with Gasteiger partial charge in [-0.1, -0.05) is 28.1 Å². The molecule has 0 bridgehead atoms. The molecule has 0 saturated carbocycles. The number of benzene rings is 1. The van der Waals surface area contributed by atoms with Crippen molar-refractivity contribution in [2.75, 3.05) is 0 Å². The predicted octanol–water partition coefficient (Wildman–Crippen LogP) is 4.85. The van der Waals surface area contributed by atoms with Crippen molar-refractivity contribution in [2.24, 2.45) is 0 Å². The van der Waals surface area contributed by atoms with Crippen molar-refractivity contribution >= 4 is 27.3 Å². The van der Waals surface area contributed by atoms with Crippen LogP contribution in [0.15, 0.2) is 39.5 Å². The van der Waals surface area contributed by atoms with Gasteiger partial charge in [-0.2, -0.15) is 11.3 Å². The maximum Gasteiger partial charge on any atom is 0.0331 e. The van der Waals surface area contributed by atoms with Crippen molar-refractivity contribution in [3.8, 4) is 0 Å². The van der Waals surface area contributed by atoms with E-state index in [1.54, 1.807) is 11.3 Å². The van der Waals surface area contributed by atoms with Gasteiger partial charge in [0.1, 0.15) is 0 Å². The third-order valence-electron chi connectivity index (χ3n) is 3.71. The van der Waals surface area contributed by atoms with Crippen LogP contribution in [0.1, 0.15) is 42.1 Å². The number of hydrogen-bond acceptors (Lipinski definition) is 2. The van der Waals surface area contributed by atoms with Gasteiger partial charge in [0, 0.05) is 16.6 Å². The number of fused-ring (bicyclic) bond motifs is 1. The molecule has 0 saturated heterocycles. The van der Waals surface area contributed by atoms with Gasteiger partial charge in [-0.3, -0.25) is 0 Å². The molecule has 1 aliphatic rings. The molecule has 18 heavy (non-hydrogen) atoms. The van der Waals surface area contributed by atoms with E-state index in [1.807, 2.05) is 0 Å². The lowest BCUT2D eigenvalue weighted by Gasteiger charge is -2.20. The zero-order chi connectivity index (χ0) is 12.5. The second-order valence-corrected chi connectivity index (χ2v) is 6.48. The third kappa shape index (κ3) is 2.27. The molecule has 1 heterocycles. The summed E-state index contributed by atoms with van der Waals surface area (Å²) in [5, 5.41) is 8.13. The van der Waals surface area contributed by atoms with E-state index in [0.717, 1.165) is 0 Å². The maximum atomic E-state index is 3.75. The first-order chi connectivity index (χ1) is 8.75. The van der Waals surface area contributed by atoms with Crippen LogP contribution in [0, 0.1) is 0 Å². The number of nitrogens with one attached hydrogen (secondary N) is 1. The molecule has 0 radical (unpaired) electrons. The van der Waals surface area contributed by atoms with E-state index >= 15 is 0 Å². The molecule has 0 aliphatic heterocycles. The fourth-order valence-electron chi connectivity index (χ4n) is 2.70.